The third-order valence-electron chi connectivity index (χ3n) is 3.33. The maximum absolute atomic E-state index is 5.52. The van der Waals surface area contributed by atoms with Crippen LogP contribution in [0.4, 0.5) is 11.4 Å². The van der Waals surface area contributed by atoms with Crippen LogP contribution in [0.5, 0.6) is 11.5 Å². The summed E-state index contributed by atoms with van der Waals surface area (Å²) in [6.45, 7) is 1.01. The Morgan fingerprint density at radius 2 is 1.90 bits per heavy atom. The van der Waals surface area contributed by atoms with Gasteiger partial charge in [-0.2, -0.15) is 0 Å². The van der Waals surface area contributed by atoms with E-state index in [-0.39, 0.29) is 0 Å². The summed E-state index contributed by atoms with van der Waals surface area (Å²) in [7, 11) is 4.08. The molecule has 0 aliphatic carbocycles. The van der Waals surface area contributed by atoms with Crippen LogP contribution in [-0.2, 0) is 6.54 Å². The minimum absolute atomic E-state index is 0.306. The second kappa shape index (κ2) is 5.33. The molecule has 4 heteroatoms. The molecular weight excluding hydrogens is 252 g/mol. The minimum Gasteiger partial charge on any atom is -0.454 e. The first-order chi connectivity index (χ1) is 9.75. The number of para-hydroxylation sites is 3. The summed E-state index contributed by atoms with van der Waals surface area (Å²) in [6, 6.07) is 14.2. The molecule has 20 heavy (non-hydrogen) atoms. The van der Waals surface area contributed by atoms with Gasteiger partial charge in [-0.3, -0.25) is 0 Å². The molecule has 0 atom stereocenters. The van der Waals surface area contributed by atoms with Crippen molar-refractivity contribution < 1.29 is 9.47 Å². The van der Waals surface area contributed by atoms with E-state index < -0.39 is 0 Å². The molecule has 0 fully saturated rings. The summed E-state index contributed by atoms with van der Waals surface area (Å²) in [5.41, 5.74) is 3.37. The molecule has 0 spiro atoms. The van der Waals surface area contributed by atoms with Gasteiger partial charge in [-0.15, -0.1) is 0 Å². The van der Waals surface area contributed by atoms with Crippen LogP contribution in [0.25, 0.3) is 0 Å². The lowest BCUT2D eigenvalue weighted by molar-refractivity contribution is 0.173. The molecular formula is C16H18N2O2. The summed E-state index contributed by atoms with van der Waals surface area (Å²) in [5, 5.41) is 3.46. The van der Waals surface area contributed by atoms with Crippen molar-refractivity contribution in [2.24, 2.45) is 0 Å². The van der Waals surface area contributed by atoms with Gasteiger partial charge in [0.05, 0.1) is 11.4 Å². The Balaban J connectivity index is 1.79. The van der Waals surface area contributed by atoms with Gasteiger partial charge in [0.15, 0.2) is 11.5 Å². The predicted octanol–water partition coefficient (Wildman–Crippen LogP) is 3.09. The molecule has 0 saturated carbocycles. The van der Waals surface area contributed by atoms with Crippen LogP contribution in [0, 0.1) is 0 Å². The first-order valence-corrected chi connectivity index (χ1v) is 6.63. The number of anilines is 2. The molecule has 1 aliphatic heterocycles. The van der Waals surface area contributed by atoms with Crippen molar-refractivity contribution in [1.29, 1.82) is 0 Å². The lowest BCUT2D eigenvalue weighted by Crippen LogP contribution is -2.12. The summed E-state index contributed by atoms with van der Waals surface area (Å²) >= 11 is 0. The molecule has 104 valence electrons. The number of ether oxygens (including phenoxy) is 2. The van der Waals surface area contributed by atoms with E-state index in [1.165, 1.54) is 0 Å². The first-order valence-electron chi connectivity index (χ1n) is 6.63. The lowest BCUT2D eigenvalue weighted by Gasteiger charge is -2.18. The average molecular weight is 270 g/mol. The average Bonchev–Trinajstić information content (AvgIpc) is 2.94. The van der Waals surface area contributed by atoms with Gasteiger partial charge in [0.25, 0.3) is 0 Å². The number of hydrogen-bond donors (Lipinski definition) is 1. The number of benzene rings is 2. The highest BCUT2D eigenvalue weighted by Crippen LogP contribution is 2.36. The number of nitrogens with one attached hydrogen (secondary N) is 1. The molecule has 1 heterocycles. The smallest absolute Gasteiger partial charge is 0.231 e. The van der Waals surface area contributed by atoms with Gasteiger partial charge in [0, 0.05) is 26.2 Å². The second-order valence-electron chi connectivity index (χ2n) is 4.92. The molecule has 1 N–H and O–H groups in total. The maximum Gasteiger partial charge on any atom is 0.231 e. The second-order valence-corrected chi connectivity index (χ2v) is 4.92. The largest absolute Gasteiger partial charge is 0.454 e. The summed E-state index contributed by atoms with van der Waals surface area (Å²) in [6.07, 6.45) is 0. The van der Waals surface area contributed by atoms with Gasteiger partial charge in [0.1, 0.15) is 0 Å². The fourth-order valence-corrected chi connectivity index (χ4v) is 2.33. The monoisotopic (exact) mass is 270 g/mol. The molecule has 0 unspecified atom stereocenters. The number of rotatable bonds is 4. The molecule has 2 aromatic carbocycles. The molecule has 2 aromatic rings. The van der Waals surface area contributed by atoms with E-state index in [1.807, 2.05) is 38.4 Å². The topological polar surface area (TPSA) is 33.7 Å². The van der Waals surface area contributed by atoms with Gasteiger partial charge in [-0.25, -0.2) is 0 Å². The third-order valence-corrected chi connectivity index (χ3v) is 3.33. The van der Waals surface area contributed by atoms with Gasteiger partial charge < -0.3 is 19.7 Å². The predicted molar refractivity (Wildman–Crippen MR) is 80.7 cm³/mol. The van der Waals surface area contributed by atoms with Gasteiger partial charge in [-0.05, 0) is 18.2 Å². The van der Waals surface area contributed by atoms with E-state index in [1.54, 1.807) is 0 Å². The van der Waals surface area contributed by atoms with Gasteiger partial charge >= 0.3 is 0 Å². The maximum atomic E-state index is 5.52. The molecule has 0 bridgehead atoms. The minimum atomic E-state index is 0.306. The van der Waals surface area contributed by atoms with E-state index in [0.717, 1.165) is 28.4 Å². The van der Waals surface area contributed by atoms with Gasteiger partial charge in [0.2, 0.25) is 6.79 Å². The SMILES string of the molecule is CN(C)c1ccccc1NCc1cccc2c1OCO2. The van der Waals surface area contributed by atoms with E-state index in [0.29, 0.717) is 13.3 Å². The van der Waals surface area contributed by atoms with Crippen molar-refractivity contribution in [3.8, 4) is 11.5 Å². The number of nitrogens with zero attached hydrogens (tertiary/aromatic N) is 1. The molecule has 0 saturated heterocycles. The van der Waals surface area contributed by atoms with Crippen molar-refractivity contribution in [2.75, 3.05) is 31.1 Å². The lowest BCUT2D eigenvalue weighted by atomic mass is 10.1. The Morgan fingerprint density at radius 3 is 2.75 bits per heavy atom. The number of hydrogen-bond acceptors (Lipinski definition) is 4. The quantitative estimate of drug-likeness (QED) is 0.925. The van der Waals surface area contributed by atoms with E-state index in [9.17, 15) is 0 Å². The van der Waals surface area contributed by atoms with Crippen LogP contribution in [0.3, 0.4) is 0 Å². The van der Waals surface area contributed by atoms with Crippen molar-refractivity contribution in [3.05, 3.63) is 48.0 Å². The zero-order chi connectivity index (χ0) is 13.9. The fraction of sp³-hybridized carbons (Fsp3) is 0.250. The van der Waals surface area contributed by atoms with Crippen LogP contribution in [0.15, 0.2) is 42.5 Å². The third kappa shape index (κ3) is 2.37. The van der Waals surface area contributed by atoms with E-state index >= 15 is 0 Å². The highest BCUT2D eigenvalue weighted by atomic mass is 16.7. The summed E-state index contributed by atoms with van der Waals surface area (Å²) in [5.74, 6) is 1.67. The molecule has 4 nitrogen and oxygen atoms in total. The van der Waals surface area contributed by atoms with Crippen LogP contribution in [-0.4, -0.2) is 20.9 Å². The normalized spacial score (nSPS) is 12.3. The van der Waals surface area contributed by atoms with Crippen molar-refractivity contribution in [3.63, 3.8) is 0 Å². The Morgan fingerprint density at radius 1 is 1.05 bits per heavy atom. The molecule has 0 amide bonds. The zero-order valence-electron chi connectivity index (χ0n) is 11.7. The van der Waals surface area contributed by atoms with Crippen molar-refractivity contribution in [1.82, 2.24) is 0 Å². The van der Waals surface area contributed by atoms with Crippen LogP contribution in [0.2, 0.25) is 0 Å². The Hall–Kier alpha value is -2.36. The van der Waals surface area contributed by atoms with Crippen LogP contribution < -0.4 is 19.7 Å². The standard InChI is InChI=1S/C16H18N2O2/c1-18(2)14-8-4-3-7-13(14)17-10-12-6-5-9-15-16(12)20-11-19-15/h3-9,17H,10-11H2,1-2H3. The molecule has 0 radical (unpaired) electrons. The fourth-order valence-electron chi connectivity index (χ4n) is 2.33. The first kappa shape index (κ1) is 12.7. The summed E-state index contributed by atoms with van der Waals surface area (Å²) in [4.78, 5) is 2.09. The highest BCUT2D eigenvalue weighted by molar-refractivity contribution is 5.69. The number of fused-ring (bicyclic) bond motifs is 1. The molecule has 0 aromatic heterocycles. The highest BCUT2D eigenvalue weighted by Gasteiger charge is 2.17. The van der Waals surface area contributed by atoms with Crippen LogP contribution >= 0.6 is 0 Å². The Bertz CT molecular complexity index is 611. The van der Waals surface area contributed by atoms with Crippen molar-refractivity contribution >= 4 is 11.4 Å². The van der Waals surface area contributed by atoms with Crippen LogP contribution in [0.1, 0.15) is 5.56 Å². The molecule has 1 aliphatic rings. The molecule has 3 rings (SSSR count). The Labute approximate surface area is 118 Å². The van der Waals surface area contributed by atoms with Gasteiger partial charge in [-0.1, -0.05) is 24.3 Å². The van der Waals surface area contributed by atoms with Crippen molar-refractivity contribution in [2.45, 2.75) is 6.54 Å². The Kier molecular flexibility index (Phi) is 3.37. The summed E-state index contributed by atoms with van der Waals surface area (Å²) < 4.78 is 10.9. The van der Waals surface area contributed by atoms with E-state index in [2.05, 4.69) is 28.4 Å². The zero-order valence-corrected chi connectivity index (χ0v) is 11.7. The van der Waals surface area contributed by atoms with E-state index in [4.69, 9.17) is 9.47 Å².